The molecular formula is C23H23BrCl2FNO2. The highest BCUT2D eigenvalue weighted by molar-refractivity contribution is 9.10. The quantitative estimate of drug-likeness (QED) is 0.327. The molecule has 0 unspecified atom stereocenters. The lowest BCUT2D eigenvalue weighted by Crippen LogP contribution is -2.16. The van der Waals surface area contributed by atoms with Crippen molar-refractivity contribution in [3.8, 4) is 11.5 Å². The standard InChI is InChI=1S/C23H22BrClFNO2.ClH/c1-28-22-13-17(14-27-11-10-16-6-8-19(26)9-7-16)12-20(24)23(22)29-15-18-4-2-3-5-21(18)25;/h2-9,12-13,27H,10-11,14-15H2,1H3;1H. The minimum absolute atomic E-state index is 0. The maximum atomic E-state index is 13.0. The van der Waals surface area contributed by atoms with E-state index in [0.29, 0.717) is 29.7 Å². The highest BCUT2D eigenvalue weighted by Crippen LogP contribution is 2.37. The van der Waals surface area contributed by atoms with Crippen molar-refractivity contribution in [3.63, 3.8) is 0 Å². The summed E-state index contributed by atoms with van der Waals surface area (Å²) >= 11 is 9.78. The van der Waals surface area contributed by atoms with E-state index in [-0.39, 0.29) is 18.2 Å². The van der Waals surface area contributed by atoms with Gasteiger partial charge in [-0.2, -0.15) is 0 Å². The van der Waals surface area contributed by atoms with Gasteiger partial charge in [-0.05, 0) is 70.4 Å². The van der Waals surface area contributed by atoms with Crippen molar-refractivity contribution in [2.75, 3.05) is 13.7 Å². The number of nitrogens with one attached hydrogen (secondary N) is 1. The maximum Gasteiger partial charge on any atom is 0.175 e. The molecule has 3 nitrogen and oxygen atoms in total. The molecule has 0 heterocycles. The molecule has 160 valence electrons. The fourth-order valence-corrected chi connectivity index (χ4v) is 3.69. The van der Waals surface area contributed by atoms with Gasteiger partial charge < -0.3 is 14.8 Å². The van der Waals surface area contributed by atoms with Crippen LogP contribution in [0.3, 0.4) is 0 Å². The van der Waals surface area contributed by atoms with Crippen molar-refractivity contribution in [1.29, 1.82) is 0 Å². The molecule has 0 aliphatic rings. The van der Waals surface area contributed by atoms with E-state index in [1.807, 2.05) is 48.5 Å². The van der Waals surface area contributed by atoms with Crippen LogP contribution in [-0.2, 0) is 19.6 Å². The summed E-state index contributed by atoms with van der Waals surface area (Å²) in [5.74, 6) is 1.08. The second kappa shape index (κ2) is 12.2. The third-order valence-electron chi connectivity index (χ3n) is 4.45. The second-order valence-corrected chi connectivity index (χ2v) is 7.80. The van der Waals surface area contributed by atoms with Crippen LogP contribution in [0.15, 0.2) is 65.1 Å². The van der Waals surface area contributed by atoms with Gasteiger partial charge in [-0.25, -0.2) is 4.39 Å². The topological polar surface area (TPSA) is 30.5 Å². The van der Waals surface area contributed by atoms with Gasteiger partial charge in [-0.15, -0.1) is 12.4 Å². The van der Waals surface area contributed by atoms with Crippen LogP contribution in [0.2, 0.25) is 5.02 Å². The molecule has 1 N–H and O–H groups in total. The minimum atomic E-state index is -0.213. The van der Waals surface area contributed by atoms with E-state index in [2.05, 4.69) is 21.2 Å². The third kappa shape index (κ3) is 6.88. The fraction of sp³-hybridized carbons (Fsp3) is 0.217. The lowest BCUT2D eigenvalue weighted by Gasteiger charge is -2.15. The van der Waals surface area contributed by atoms with Crippen LogP contribution in [0.1, 0.15) is 16.7 Å². The van der Waals surface area contributed by atoms with Crippen molar-refractivity contribution in [3.05, 3.63) is 92.7 Å². The highest BCUT2D eigenvalue weighted by atomic mass is 79.9. The average molecular weight is 515 g/mol. The predicted octanol–water partition coefficient (Wildman–Crippen LogP) is 6.58. The summed E-state index contributed by atoms with van der Waals surface area (Å²) < 4.78 is 25.3. The van der Waals surface area contributed by atoms with Crippen molar-refractivity contribution in [2.45, 2.75) is 19.6 Å². The van der Waals surface area contributed by atoms with Crippen LogP contribution in [-0.4, -0.2) is 13.7 Å². The average Bonchev–Trinajstić information content (AvgIpc) is 2.72. The summed E-state index contributed by atoms with van der Waals surface area (Å²) in [6, 6.07) is 18.1. The number of methoxy groups -OCH3 is 1. The van der Waals surface area contributed by atoms with Gasteiger partial charge in [0.25, 0.3) is 0 Å². The molecule has 0 saturated heterocycles. The summed E-state index contributed by atoms with van der Waals surface area (Å²) in [5, 5.41) is 4.07. The molecule has 7 heteroatoms. The molecule has 0 bridgehead atoms. The molecule has 0 saturated carbocycles. The zero-order chi connectivity index (χ0) is 20.6. The first kappa shape index (κ1) is 24.5. The number of halogens is 4. The molecule has 0 aliphatic carbocycles. The SMILES string of the molecule is COc1cc(CNCCc2ccc(F)cc2)cc(Br)c1OCc1ccccc1Cl.Cl. The number of hydrogen-bond donors (Lipinski definition) is 1. The number of hydrogen-bond acceptors (Lipinski definition) is 3. The van der Waals surface area contributed by atoms with Crippen molar-refractivity contribution < 1.29 is 13.9 Å². The van der Waals surface area contributed by atoms with Crippen molar-refractivity contribution in [1.82, 2.24) is 5.32 Å². The van der Waals surface area contributed by atoms with Gasteiger partial charge in [-0.3, -0.25) is 0 Å². The van der Waals surface area contributed by atoms with Crippen LogP contribution in [0, 0.1) is 5.82 Å². The van der Waals surface area contributed by atoms with Crippen LogP contribution >= 0.6 is 39.9 Å². The Morgan fingerprint density at radius 2 is 1.77 bits per heavy atom. The first-order chi connectivity index (χ1) is 14.1. The van der Waals surface area contributed by atoms with E-state index in [1.54, 1.807) is 7.11 Å². The third-order valence-corrected chi connectivity index (χ3v) is 5.41. The summed E-state index contributed by atoms with van der Waals surface area (Å²) in [6.45, 7) is 1.82. The Bertz CT molecular complexity index is 954. The van der Waals surface area contributed by atoms with Crippen LogP contribution < -0.4 is 14.8 Å². The smallest absolute Gasteiger partial charge is 0.175 e. The molecule has 3 aromatic rings. The van der Waals surface area contributed by atoms with Crippen LogP contribution in [0.4, 0.5) is 4.39 Å². The van der Waals surface area contributed by atoms with Gasteiger partial charge in [0, 0.05) is 17.1 Å². The van der Waals surface area contributed by atoms with Crippen LogP contribution in [0.25, 0.3) is 0 Å². The first-order valence-corrected chi connectivity index (χ1v) is 10.4. The van der Waals surface area contributed by atoms with E-state index >= 15 is 0 Å². The van der Waals surface area contributed by atoms with E-state index in [4.69, 9.17) is 21.1 Å². The second-order valence-electron chi connectivity index (χ2n) is 6.54. The molecule has 30 heavy (non-hydrogen) atoms. The van der Waals surface area contributed by atoms with Gasteiger partial charge in [0.05, 0.1) is 11.6 Å². The summed E-state index contributed by atoms with van der Waals surface area (Å²) in [5.41, 5.74) is 3.08. The molecule has 0 aromatic heterocycles. The summed E-state index contributed by atoms with van der Waals surface area (Å²) in [6.07, 6.45) is 0.831. The van der Waals surface area contributed by atoms with Gasteiger partial charge in [0.15, 0.2) is 11.5 Å². The van der Waals surface area contributed by atoms with E-state index in [9.17, 15) is 4.39 Å². The molecule has 0 atom stereocenters. The van der Waals surface area contributed by atoms with Gasteiger partial charge >= 0.3 is 0 Å². The Hall–Kier alpha value is -1.79. The highest BCUT2D eigenvalue weighted by Gasteiger charge is 2.13. The molecule has 0 fully saturated rings. The predicted molar refractivity (Wildman–Crippen MR) is 126 cm³/mol. The lowest BCUT2D eigenvalue weighted by molar-refractivity contribution is 0.282. The van der Waals surface area contributed by atoms with Crippen molar-refractivity contribution in [2.24, 2.45) is 0 Å². The largest absolute Gasteiger partial charge is 0.493 e. The molecule has 3 rings (SSSR count). The summed E-state index contributed by atoms with van der Waals surface area (Å²) in [4.78, 5) is 0. The van der Waals surface area contributed by atoms with E-state index in [1.165, 1.54) is 12.1 Å². The molecule has 0 spiro atoms. The normalized spacial score (nSPS) is 10.4. The molecular weight excluding hydrogens is 492 g/mol. The van der Waals surface area contributed by atoms with Gasteiger partial charge in [-0.1, -0.05) is 41.9 Å². The zero-order valence-electron chi connectivity index (χ0n) is 16.5. The molecule has 0 amide bonds. The van der Waals surface area contributed by atoms with Crippen molar-refractivity contribution >= 4 is 39.9 Å². The van der Waals surface area contributed by atoms with Gasteiger partial charge in [0.1, 0.15) is 12.4 Å². The lowest BCUT2D eigenvalue weighted by atomic mass is 10.1. The maximum absolute atomic E-state index is 13.0. The minimum Gasteiger partial charge on any atom is -0.493 e. The van der Waals surface area contributed by atoms with E-state index in [0.717, 1.165) is 34.1 Å². The number of rotatable bonds is 9. The molecule has 3 aromatic carbocycles. The molecule has 0 radical (unpaired) electrons. The van der Waals surface area contributed by atoms with E-state index < -0.39 is 0 Å². The number of ether oxygens (including phenoxy) is 2. The monoisotopic (exact) mass is 513 g/mol. The summed E-state index contributed by atoms with van der Waals surface area (Å²) in [7, 11) is 1.62. The van der Waals surface area contributed by atoms with Gasteiger partial charge in [0.2, 0.25) is 0 Å². The Morgan fingerprint density at radius 1 is 1.03 bits per heavy atom. The Kier molecular flexibility index (Phi) is 9.92. The Balaban J connectivity index is 0.00000320. The Labute approximate surface area is 196 Å². The fourth-order valence-electron chi connectivity index (χ4n) is 2.90. The Morgan fingerprint density at radius 3 is 2.47 bits per heavy atom. The first-order valence-electron chi connectivity index (χ1n) is 9.24. The van der Waals surface area contributed by atoms with Crippen LogP contribution in [0.5, 0.6) is 11.5 Å². The zero-order valence-corrected chi connectivity index (χ0v) is 19.6. The molecule has 0 aliphatic heterocycles. The number of benzene rings is 3.